The summed E-state index contributed by atoms with van der Waals surface area (Å²) in [4.78, 5) is 28.6. The molecule has 0 bridgehead atoms. The summed E-state index contributed by atoms with van der Waals surface area (Å²) in [6, 6.07) is 22.1. The molecule has 0 radical (unpaired) electrons. The van der Waals surface area contributed by atoms with Gasteiger partial charge in [-0.15, -0.1) is 0 Å². The van der Waals surface area contributed by atoms with E-state index in [-0.39, 0.29) is 17.4 Å². The van der Waals surface area contributed by atoms with Crippen LogP contribution in [0.15, 0.2) is 94.6 Å². The van der Waals surface area contributed by atoms with Crippen LogP contribution in [0, 0.1) is 0 Å². The Morgan fingerprint density at radius 2 is 1.76 bits per heavy atom. The number of aliphatic hydroxyl groups is 1. The summed E-state index contributed by atoms with van der Waals surface area (Å²) in [6.07, 6.45) is -0.00845. The Bertz CT molecular complexity index is 1470. The molecule has 1 atom stereocenters. The van der Waals surface area contributed by atoms with Crippen LogP contribution in [0.3, 0.4) is 0 Å². The van der Waals surface area contributed by atoms with E-state index in [0.29, 0.717) is 34.9 Å². The highest BCUT2D eigenvalue weighted by atomic mass is 16.5. The Morgan fingerprint density at radius 1 is 1.00 bits per heavy atom. The number of benzene rings is 3. The number of ether oxygens (including phenoxy) is 2. The maximum atomic E-state index is 13.8. The van der Waals surface area contributed by atoms with Crippen molar-refractivity contribution < 1.29 is 28.6 Å². The molecule has 0 aliphatic carbocycles. The zero-order chi connectivity index (χ0) is 26.1. The van der Waals surface area contributed by atoms with Crippen LogP contribution in [0.25, 0.3) is 11.0 Å². The Morgan fingerprint density at radius 3 is 2.46 bits per heavy atom. The molecule has 0 saturated carbocycles. The van der Waals surface area contributed by atoms with E-state index < -0.39 is 23.5 Å². The highest BCUT2D eigenvalue weighted by Gasteiger charge is 2.45. The number of nitrogens with zero attached hydrogens (tertiary/aromatic N) is 1. The molecule has 7 nitrogen and oxygen atoms in total. The number of amides is 1. The maximum absolute atomic E-state index is 13.8. The molecule has 7 heteroatoms. The number of anilines is 1. The number of Topliss-reactive ketones (excluding diaryl/α,β-unsaturated/α-hetero) is 1. The van der Waals surface area contributed by atoms with Crippen molar-refractivity contribution in [3.8, 4) is 11.5 Å². The summed E-state index contributed by atoms with van der Waals surface area (Å²) in [6.45, 7) is 6.19. The average Bonchev–Trinajstić information content (AvgIpc) is 3.43. The Hall–Kier alpha value is -4.52. The highest BCUT2D eigenvalue weighted by Crippen LogP contribution is 2.43. The van der Waals surface area contributed by atoms with Crippen LogP contribution in [0.2, 0.25) is 0 Å². The molecular weight excluding hydrogens is 470 g/mol. The quantitative estimate of drug-likeness (QED) is 0.283. The number of ketones is 1. The van der Waals surface area contributed by atoms with E-state index in [1.807, 2.05) is 39.0 Å². The largest absolute Gasteiger partial charge is 0.503 e. The van der Waals surface area contributed by atoms with Crippen molar-refractivity contribution in [3.63, 3.8) is 0 Å². The number of carbonyl (C=O) groups excluding carboxylic acids is 2. The summed E-state index contributed by atoms with van der Waals surface area (Å²) in [7, 11) is 0. The van der Waals surface area contributed by atoms with Crippen LogP contribution in [0.5, 0.6) is 11.5 Å². The molecule has 0 spiro atoms. The van der Waals surface area contributed by atoms with E-state index >= 15 is 0 Å². The molecular formula is C30H27NO6. The molecule has 1 N–H and O–H groups in total. The Kier molecular flexibility index (Phi) is 6.44. The molecule has 188 valence electrons. The number of hydrogen-bond acceptors (Lipinski definition) is 6. The van der Waals surface area contributed by atoms with Crippen molar-refractivity contribution >= 4 is 28.3 Å². The lowest BCUT2D eigenvalue weighted by atomic mass is 9.94. The van der Waals surface area contributed by atoms with Gasteiger partial charge in [0.1, 0.15) is 17.1 Å². The minimum Gasteiger partial charge on any atom is -0.503 e. The van der Waals surface area contributed by atoms with Gasteiger partial charge >= 0.3 is 0 Å². The number of rotatable bonds is 8. The second kappa shape index (κ2) is 9.85. The monoisotopic (exact) mass is 497 g/mol. The van der Waals surface area contributed by atoms with Gasteiger partial charge in [0.05, 0.1) is 24.3 Å². The number of fused-ring (bicyclic) bond motifs is 1. The molecule has 5 rings (SSSR count). The molecule has 1 aliphatic rings. The van der Waals surface area contributed by atoms with Crippen LogP contribution in [-0.2, 0) is 4.79 Å². The topological polar surface area (TPSA) is 89.2 Å². The van der Waals surface area contributed by atoms with Gasteiger partial charge in [-0.05, 0) is 62.7 Å². The number of furan rings is 1. The number of aliphatic hydroxyl groups excluding tert-OH is 1. The van der Waals surface area contributed by atoms with E-state index in [1.165, 1.54) is 4.90 Å². The standard InChI is InChI=1S/C30H27NO6/c1-4-35-23-10-7-9-21(17-23)31-27(19-12-14-22(15-13-19)36-18(2)3)26(29(33)30(31)34)28(32)25-16-20-8-5-6-11-24(20)37-25/h5-18,27,33H,4H2,1-3H3. The fraction of sp³-hybridized carbons (Fsp3) is 0.200. The second-order valence-electron chi connectivity index (χ2n) is 8.98. The fourth-order valence-corrected chi connectivity index (χ4v) is 4.54. The first-order valence-corrected chi connectivity index (χ1v) is 12.2. The van der Waals surface area contributed by atoms with Crippen molar-refractivity contribution in [2.45, 2.75) is 32.9 Å². The highest BCUT2D eigenvalue weighted by molar-refractivity contribution is 6.20. The van der Waals surface area contributed by atoms with Crippen LogP contribution >= 0.6 is 0 Å². The van der Waals surface area contributed by atoms with Gasteiger partial charge in [-0.2, -0.15) is 0 Å². The van der Waals surface area contributed by atoms with Gasteiger partial charge in [-0.25, -0.2) is 0 Å². The molecule has 4 aromatic rings. The van der Waals surface area contributed by atoms with E-state index in [4.69, 9.17) is 13.9 Å². The van der Waals surface area contributed by atoms with Crippen molar-refractivity contribution in [2.75, 3.05) is 11.5 Å². The third-order valence-corrected chi connectivity index (χ3v) is 6.08. The van der Waals surface area contributed by atoms with Crippen LogP contribution in [0.1, 0.15) is 42.9 Å². The molecule has 1 aliphatic heterocycles. The van der Waals surface area contributed by atoms with E-state index in [2.05, 4.69) is 0 Å². The summed E-state index contributed by atoms with van der Waals surface area (Å²) in [5.41, 5.74) is 1.61. The lowest BCUT2D eigenvalue weighted by Crippen LogP contribution is -2.31. The van der Waals surface area contributed by atoms with Crippen molar-refractivity contribution in [1.82, 2.24) is 0 Å². The van der Waals surface area contributed by atoms with Gasteiger partial charge in [0.2, 0.25) is 5.78 Å². The van der Waals surface area contributed by atoms with E-state index in [1.54, 1.807) is 60.7 Å². The summed E-state index contributed by atoms with van der Waals surface area (Å²) in [5.74, 6) is -0.571. The van der Waals surface area contributed by atoms with Gasteiger partial charge in [-0.3, -0.25) is 14.5 Å². The van der Waals surface area contributed by atoms with Crippen molar-refractivity contribution in [2.24, 2.45) is 0 Å². The first-order valence-electron chi connectivity index (χ1n) is 12.2. The predicted octanol–water partition coefficient (Wildman–Crippen LogP) is 6.40. The fourth-order valence-electron chi connectivity index (χ4n) is 4.54. The normalized spacial score (nSPS) is 15.6. The minimum atomic E-state index is -0.891. The number of hydrogen-bond donors (Lipinski definition) is 1. The maximum Gasteiger partial charge on any atom is 0.294 e. The lowest BCUT2D eigenvalue weighted by Gasteiger charge is -2.27. The van der Waals surface area contributed by atoms with E-state index in [0.717, 1.165) is 5.39 Å². The Balaban J connectivity index is 1.62. The molecule has 1 unspecified atom stereocenters. The molecule has 1 aromatic heterocycles. The predicted molar refractivity (Wildman–Crippen MR) is 140 cm³/mol. The smallest absolute Gasteiger partial charge is 0.294 e. The third kappa shape index (κ3) is 4.56. The van der Waals surface area contributed by atoms with Crippen molar-refractivity contribution in [3.05, 3.63) is 102 Å². The lowest BCUT2D eigenvalue weighted by molar-refractivity contribution is -0.117. The summed E-state index contributed by atoms with van der Waals surface area (Å²) >= 11 is 0. The summed E-state index contributed by atoms with van der Waals surface area (Å²) < 4.78 is 17.2. The number of para-hydroxylation sites is 1. The van der Waals surface area contributed by atoms with Gasteiger partial charge in [-0.1, -0.05) is 36.4 Å². The molecule has 0 fully saturated rings. The Labute approximate surface area is 214 Å². The first kappa shape index (κ1) is 24.2. The molecule has 37 heavy (non-hydrogen) atoms. The van der Waals surface area contributed by atoms with Crippen LogP contribution in [-0.4, -0.2) is 29.5 Å². The van der Waals surface area contributed by atoms with Gasteiger partial charge in [0.15, 0.2) is 11.5 Å². The minimum absolute atomic E-state index is 0.00845. The second-order valence-corrected chi connectivity index (χ2v) is 8.98. The molecule has 2 heterocycles. The molecule has 0 saturated heterocycles. The zero-order valence-electron chi connectivity index (χ0n) is 20.8. The number of carbonyl (C=O) groups is 2. The van der Waals surface area contributed by atoms with Gasteiger partial charge in [0.25, 0.3) is 5.91 Å². The van der Waals surface area contributed by atoms with Crippen LogP contribution < -0.4 is 14.4 Å². The SMILES string of the molecule is CCOc1cccc(N2C(=O)C(O)=C(C(=O)c3cc4ccccc4o3)C2c2ccc(OC(C)C)cc2)c1. The molecule has 1 amide bonds. The van der Waals surface area contributed by atoms with Crippen molar-refractivity contribution in [1.29, 1.82) is 0 Å². The van der Waals surface area contributed by atoms with E-state index in [9.17, 15) is 14.7 Å². The first-order chi connectivity index (χ1) is 17.9. The van der Waals surface area contributed by atoms with Gasteiger partial charge in [0, 0.05) is 17.1 Å². The van der Waals surface area contributed by atoms with Gasteiger partial charge < -0.3 is 19.0 Å². The average molecular weight is 498 g/mol. The summed E-state index contributed by atoms with van der Waals surface area (Å²) in [5, 5.41) is 11.8. The zero-order valence-corrected chi connectivity index (χ0v) is 20.8. The van der Waals surface area contributed by atoms with Crippen LogP contribution in [0.4, 0.5) is 5.69 Å². The third-order valence-electron chi connectivity index (χ3n) is 6.08. The molecule has 3 aromatic carbocycles.